The van der Waals surface area contributed by atoms with Crippen LogP contribution in [0.2, 0.25) is 0 Å². The van der Waals surface area contributed by atoms with Gasteiger partial charge in [0.15, 0.2) is 5.82 Å². The molecule has 1 N–H and O–H groups in total. The molecule has 0 amide bonds. The summed E-state index contributed by atoms with van der Waals surface area (Å²) in [5, 5.41) is 0. The lowest BCUT2D eigenvalue weighted by molar-refractivity contribution is 0.631. The third-order valence-electron chi connectivity index (χ3n) is 2.77. The number of halogens is 1. The number of hydrogen-bond donors (Lipinski definition) is 1. The lowest BCUT2D eigenvalue weighted by atomic mass is 10.1. The minimum absolute atomic E-state index is 0.161. The number of nitrogens with zero attached hydrogens (tertiary/aromatic N) is 2. The lowest BCUT2D eigenvalue weighted by Crippen LogP contribution is -2.15. The van der Waals surface area contributed by atoms with Crippen LogP contribution in [-0.4, -0.2) is 15.0 Å². The van der Waals surface area contributed by atoms with E-state index in [1.54, 1.807) is 6.20 Å². The third kappa shape index (κ3) is 3.10. The molecule has 0 saturated heterocycles. The van der Waals surface area contributed by atoms with Crippen molar-refractivity contribution in [1.82, 2.24) is 15.0 Å². The zero-order valence-electron chi connectivity index (χ0n) is 11.2. The first-order valence-corrected chi connectivity index (χ1v) is 6.99. The van der Waals surface area contributed by atoms with Crippen LogP contribution in [0.25, 0.3) is 11.5 Å². The molecular weight excluding hydrogens is 306 g/mol. The maximum absolute atomic E-state index is 12.0. The highest BCUT2D eigenvalue weighted by atomic mass is 79.9. The Labute approximate surface area is 120 Å². The van der Waals surface area contributed by atoms with Gasteiger partial charge in [0, 0.05) is 6.20 Å². The molecule has 2 rings (SSSR count). The van der Waals surface area contributed by atoms with Gasteiger partial charge < -0.3 is 4.98 Å². The van der Waals surface area contributed by atoms with Crippen LogP contribution >= 0.6 is 15.9 Å². The van der Waals surface area contributed by atoms with Crippen molar-refractivity contribution in [3.05, 3.63) is 44.4 Å². The van der Waals surface area contributed by atoms with E-state index in [1.165, 1.54) is 0 Å². The smallest absolute Gasteiger partial charge is 0.265 e. The van der Waals surface area contributed by atoms with E-state index in [2.05, 4.69) is 44.7 Å². The van der Waals surface area contributed by atoms with E-state index in [4.69, 9.17) is 0 Å². The Hall–Kier alpha value is -1.49. The number of H-pyrrole nitrogens is 1. The number of aryl methyl sites for hydroxylation is 1. The highest BCUT2D eigenvalue weighted by molar-refractivity contribution is 9.10. The molecule has 4 nitrogen and oxygen atoms in total. The molecule has 0 aliphatic carbocycles. The average Bonchev–Trinajstić information content (AvgIpc) is 2.35. The summed E-state index contributed by atoms with van der Waals surface area (Å²) >= 11 is 3.31. The highest BCUT2D eigenvalue weighted by Crippen LogP contribution is 2.19. The zero-order chi connectivity index (χ0) is 14.0. The first-order valence-electron chi connectivity index (χ1n) is 6.19. The Morgan fingerprint density at radius 3 is 2.79 bits per heavy atom. The van der Waals surface area contributed by atoms with E-state index in [9.17, 15) is 4.79 Å². The van der Waals surface area contributed by atoms with E-state index in [0.717, 1.165) is 23.4 Å². The number of hydrogen-bond acceptors (Lipinski definition) is 3. The van der Waals surface area contributed by atoms with E-state index >= 15 is 0 Å². The summed E-state index contributed by atoms with van der Waals surface area (Å²) in [4.78, 5) is 23.6. The minimum Gasteiger partial charge on any atom is -0.304 e. The molecule has 0 fully saturated rings. The van der Waals surface area contributed by atoms with Crippen molar-refractivity contribution in [2.45, 2.75) is 27.2 Å². The Morgan fingerprint density at radius 1 is 1.42 bits per heavy atom. The summed E-state index contributed by atoms with van der Waals surface area (Å²) in [6, 6.07) is 3.82. The van der Waals surface area contributed by atoms with Crippen LogP contribution < -0.4 is 5.56 Å². The standard InChI is InChI=1S/C14H16BrN3O/c1-8(2)7-10-11(15)14(19)18-13(17-10)12-9(3)5-4-6-16-12/h4-6,8H,7H2,1-3H3,(H,17,18,19). The summed E-state index contributed by atoms with van der Waals surface area (Å²) in [7, 11) is 0. The monoisotopic (exact) mass is 321 g/mol. The summed E-state index contributed by atoms with van der Waals surface area (Å²) in [5.74, 6) is 0.963. The highest BCUT2D eigenvalue weighted by Gasteiger charge is 2.13. The van der Waals surface area contributed by atoms with Crippen LogP contribution in [0, 0.1) is 12.8 Å². The summed E-state index contributed by atoms with van der Waals surface area (Å²) < 4.78 is 0.513. The number of rotatable bonds is 3. The number of aromatic nitrogens is 3. The van der Waals surface area contributed by atoms with Crippen LogP contribution in [0.4, 0.5) is 0 Å². The fraction of sp³-hybridized carbons (Fsp3) is 0.357. The molecule has 100 valence electrons. The van der Waals surface area contributed by atoms with Gasteiger partial charge in [-0.1, -0.05) is 19.9 Å². The van der Waals surface area contributed by atoms with Crippen molar-refractivity contribution in [1.29, 1.82) is 0 Å². The minimum atomic E-state index is -0.161. The van der Waals surface area contributed by atoms with E-state index in [-0.39, 0.29) is 5.56 Å². The van der Waals surface area contributed by atoms with Gasteiger partial charge in [-0.15, -0.1) is 0 Å². The lowest BCUT2D eigenvalue weighted by Gasteiger charge is -2.09. The first-order chi connectivity index (χ1) is 8.99. The Bertz CT molecular complexity index is 649. The van der Waals surface area contributed by atoms with Gasteiger partial charge in [0.2, 0.25) is 0 Å². The molecule has 0 saturated carbocycles. The van der Waals surface area contributed by atoms with Gasteiger partial charge in [-0.3, -0.25) is 9.78 Å². The maximum atomic E-state index is 12.0. The third-order valence-corrected chi connectivity index (χ3v) is 3.58. The van der Waals surface area contributed by atoms with Crippen LogP contribution in [0.1, 0.15) is 25.1 Å². The van der Waals surface area contributed by atoms with Gasteiger partial charge in [0.25, 0.3) is 5.56 Å². The van der Waals surface area contributed by atoms with Crippen molar-refractivity contribution >= 4 is 15.9 Å². The second kappa shape index (κ2) is 5.65. The van der Waals surface area contributed by atoms with Gasteiger partial charge in [0.05, 0.1) is 5.69 Å². The molecule has 0 radical (unpaired) electrons. The second-order valence-corrected chi connectivity index (χ2v) is 5.74. The van der Waals surface area contributed by atoms with E-state index in [0.29, 0.717) is 16.2 Å². The second-order valence-electron chi connectivity index (χ2n) is 4.94. The molecule has 0 atom stereocenters. The molecule has 2 aromatic rings. The fourth-order valence-electron chi connectivity index (χ4n) is 1.87. The fourth-order valence-corrected chi connectivity index (χ4v) is 2.22. The summed E-state index contributed by atoms with van der Waals surface area (Å²) in [6.45, 7) is 6.15. The van der Waals surface area contributed by atoms with Gasteiger partial charge in [-0.05, 0) is 46.8 Å². The zero-order valence-corrected chi connectivity index (χ0v) is 12.8. The van der Waals surface area contributed by atoms with Crippen molar-refractivity contribution in [3.63, 3.8) is 0 Å². The first kappa shape index (κ1) is 13.9. The number of aromatic amines is 1. The Balaban J connectivity index is 2.57. The number of nitrogens with one attached hydrogen (secondary N) is 1. The van der Waals surface area contributed by atoms with Crippen LogP contribution in [0.15, 0.2) is 27.6 Å². The topological polar surface area (TPSA) is 58.6 Å². The molecule has 0 spiro atoms. The SMILES string of the molecule is Cc1cccnc1-c1nc(CC(C)C)c(Br)c(=O)[nH]1. The number of pyridine rings is 1. The Morgan fingerprint density at radius 2 is 2.16 bits per heavy atom. The van der Waals surface area contributed by atoms with Gasteiger partial charge >= 0.3 is 0 Å². The molecule has 2 aromatic heterocycles. The normalized spacial score (nSPS) is 11.0. The van der Waals surface area contributed by atoms with Crippen molar-refractivity contribution < 1.29 is 0 Å². The molecule has 0 bridgehead atoms. The van der Waals surface area contributed by atoms with Crippen LogP contribution in [0.5, 0.6) is 0 Å². The molecule has 2 heterocycles. The summed E-state index contributed by atoms with van der Waals surface area (Å²) in [6.07, 6.45) is 2.45. The van der Waals surface area contributed by atoms with Crippen molar-refractivity contribution in [2.75, 3.05) is 0 Å². The van der Waals surface area contributed by atoms with Crippen molar-refractivity contribution in [3.8, 4) is 11.5 Å². The van der Waals surface area contributed by atoms with Crippen LogP contribution in [0.3, 0.4) is 0 Å². The molecule has 0 aromatic carbocycles. The maximum Gasteiger partial charge on any atom is 0.265 e. The predicted octanol–water partition coefficient (Wildman–Crippen LogP) is 3.10. The molecule has 0 unspecified atom stereocenters. The predicted molar refractivity (Wildman–Crippen MR) is 79.1 cm³/mol. The average molecular weight is 322 g/mol. The molecule has 19 heavy (non-hydrogen) atoms. The van der Waals surface area contributed by atoms with Crippen LogP contribution in [-0.2, 0) is 6.42 Å². The molecular formula is C14H16BrN3O. The van der Waals surface area contributed by atoms with E-state index in [1.807, 2.05) is 19.1 Å². The Kier molecular flexibility index (Phi) is 4.14. The van der Waals surface area contributed by atoms with Gasteiger partial charge in [0.1, 0.15) is 10.2 Å². The molecule has 0 aliphatic rings. The molecule has 0 aliphatic heterocycles. The summed E-state index contributed by atoms with van der Waals surface area (Å²) in [5.41, 5.74) is 2.32. The quantitative estimate of drug-likeness (QED) is 0.945. The van der Waals surface area contributed by atoms with Crippen molar-refractivity contribution in [2.24, 2.45) is 5.92 Å². The largest absolute Gasteiger partial charge is 0.304 e. The van der Waals surface area contributed by atoms with Gasteiger partial charge in [-0.2, -0.15) is 0 Å². The van der Waals surface area contributed by atoms with E-state index < -0.39 is 0 Å². The van der Waals surface area contributed by atoms with Gasteiger partial charge in [-0.25, -0.2) is 4.98 Å². The molecule has 5 heteroatoms.